The van der Waals surface area contributed by atoms with Gasteiger partial charge in [-0.05, 0) is 38.8 Å². The minimum absolute atomic E-state index is 0.0510. The third-order valence-corrected chi connectivity index (χ3v) is 4.20. The van der Waals surface area contributed by atoms with Crippen LogP contribution < -0.4 is 5.32 Å². The second kappa shape index (κ2) is 7.25. The number of piperidine rings is 2. The van der Waals surface area contributed by atoms with Crippen molar-refractivity contribution >= 4 is 5.91 Å². The molecule has 1 unspecified atom stereocenters. The molecule has 1 atom stereocenters. The van der Waals surface area contributed by atoms with Crippen LogP contribution in [0, 0.1) is 0 Å². The van der Waals surface area contributed by atoms with Gasteiger partial charge in [0.25, 0.3) is 0 Å². The molecule has 1 amide bonds. The third-order valence-electron chi connectivity index (χ3n) is 4.20. The van der Waals surface area contributed by atoms with E-state index in [1.54, 1.807) is 0 Å². The number of nitrogens with one attached hydrogen (secondary N) is 1. The topological polar surface area (TPSA) is 35.6 Å². The van der Waals surface area contributed by atoms with Gasteiger partial charge in [-0.25, -0.2) is 0 Å². The second-order valence-corrected chi connectivity index (χ2v) is 6.24. The van der Waals surface area contributed by atoms with Gasteiger partial charge in [-0.3, -0.25) is 4.79 Å². The van der Waals surface area contributed by atoms with Crippen molar-refractivity contribution in [2.24, 2.45) is 0 Å². The van der Waals surface area contributed by atoms with Crippen LogP contribution in [0.15, 0.2) is 0 Å². The van der Waals surface area contributed by atoms with Gasteiger partial charge in [0.15, 0.2) is 0 Å². The van der Waals surface area contributed by atoms with Crippen molar-refractivity contribution in [2.75, 3.05) is 32.7 Å². The summed E-state index contributed by atoms with van der Waals surface area (Å²) in [5, 5.41) is 3.39. The van der Waals surface area contributed by atoms with Crippen LogP contribution in [0.2, 0.25) is 0 Å². The second-order valence-electron chi connectivity index (χ2n) is 6.24. The molecular weight excluding hydrogens is 238 g/mol. The average molecular weight is 267 g/mol. The Morgan fingerprint density at radius 3 is 2.53 bits per heavy atom. The van der Waals surface area contributed by atoms with Gasteiger partial charge in [-0.2, -0.15) is 0 Å². The van der Waals surface area contributed by atoms with Crippen LogP contribution in [-0.4, -0.2) is 60.5 Å². The summed E-state index contributed by atoms with van der Waals surface area (Å²) >= 11 is 0. The lowest BCUT2D eigenvalue weighted by atomic mass is 10.0. The van der Waals surface area contributed by atoms with Crippen LogP contribution in [0.4, 0.5) is 0 Å². The lowest BCUT2D eigenvalue weighted by Gasteiger charge is -2.35. The summed E-state index contributed by atoms with van der Waals surface area (Å²) in [5.74, 6) is 0.317. The molecule has 110 valence electrons. The van der Waals surface area contributed by atoms with E-state index < -0.39 is 0 Å². The fourth-order valence-corrected chi connectivity index (χ4v) is 3.16. The zero-order valence-electron chi connectivity index (χ0n) is 12.5. The number of hydrogen-bond acceptors (Lipinski definition) is 3. The zero-order chi connectivity index (χ0) is 13.7. The molecule has 4 nitrogen and oxygen atoms in total. The van der Waals surface area contributed by atoms with E-state index in [0.29, 0.717) is 11.9 Å². The molecule has 1 N–H and O–H groups in total. The lowest BCUT2D eigenvalue weighted by molar-refractivity contribution is -0.136. The molecule has 0 radical (unpaired) electrons. The van der Waals surface area contributed by atoms with Gasteiger partial charge in [0.05, 0.1) is 6.04 Å². The van der Waals surface area contributed by atoms with Gasteiger partial charge < -0.3 is 15.1 Å². The normalized spacial score (nSPS) is 26.2. The van der Waals surface area contributed by atoms with Crippen molar-refractivity contribution in [1.29, 1.82) is 0 Å². The van der Waals surface area contributed by atoms with Crippen LogP contribution in [-0.2, 0) is 4.79 Å². The van der Waals surface area contributed by atoms with Crippen LogP contribution in [0.5, 0.6) is 0 Å². The maximum atomic E-state index is 12.4. The standard InChI is InChI=1S/C15H29N3O/c1-13(2)16-14-7-6-10-18(15(14)19)12-11-17-8-4-3-5-9-17/h13-14,16H,3-12H2,1-2H3. The monoisotopic (exact) mass is 267 g/mol. The van der Waals surface area contributed by atoms with Gasteiger partial charge in [0, 0.05) is 25.7 Å². The third kappa shape index (κ3) is 4.46. The van der Waals surface area contributed by atoms with Crippen LogP contribution >= 0.6 is 0 Å². The smallest absolute Gasteiger partial charge is 0.239 e. The van der Waals surface area contributed by atoms with E-state index in [-0.39, 0.29) is 6.04 Å². The molecular formula is C15H29N3O. The summed E-state index contributed by atoms with van der Waals surface area (Å²) in [6.45, 7) is 9.57. The van der Waals surface area contributed by atoms with Gasteiger partial charge in [-0.1, -0.05) is 20.3 Å². The number of amides is 1. The molecule has 2 saturated heterocycles. The SMILES string of the molecule is CC(C)NC1CCCN(CCN2CCCCC2)C1=O. The van der Waals surface area contributed by atoms with Crippen LogP contribution in [0.1, 0.15) is 46.0 Å². The largest absolute Gasteiger partial charge is 0.340 e. The highest BCUT2D eigenvalue weighted by molar-refractivity contribution is 5.82. The van der Waals surface area contributed by atoms with Gasteiger partial charge >= 0.3 is 0 Å². The van der Waals surface area contributed by atoms with Crippen molar-refractivity contribution in [2.45, 2.75) is 58.0 Å². The average Bonchev–Trinajstić information content (AvgIpc) is 2.40. The molecule has 2 aliphatic heterocycles. The Hall–Kier alpha value is -0.610. The Balaban J connectivity index is 1.77. The van der Waals surface area contributed by atoms with Gasteiger partial charge in [0.1, 0.15) is 0 Å². The van der Waals surface area contributed by atoms with E-state index in [2.05, 4.69) is 29.0 Å². The molecule has 0 bridgehead atoms. The first-order valence-electron chi connectivity index (χ1n) is 7.94. The summed E-state index contributed by atoms with van der Waals surface area (Å²) in [5.41, 5.74) is 0. The van der Waals surface area contributed by atoms with Crippen LogP contribution in [0.3, 0.4) is 0 Å². The summed E-state index contributed by atoms with van der Waals surface area (Å²) in [7, 11) is 0. The lowest BCUT2D eigenvalue weighted by Crippen LogP contribution is -2.53. The molecule has 19 heavy (non-hydrogen) atoms. The van der Waals surface area contributed by atoms with Crippen molar-refractivity contribution < 1.29 is 4.79 Å². The highest BCUT2D eigenvalue weighted by atomic mass is 16.2. The highest BCUT2D eigenvalue weighted by Gasteiger charge is 2.28. The van der Waals surface area contributed by atoms with Crippen molar-refractivity contribution in [1.82, 2.24) is 15.1 Å². The van der Waals surface area contributed by atoms with E-state index in [0.717, 1.165) is 32.5 Å². The first-order chi connectivity index (χ1) is 9.16. The fraction of sp³-hybridized carbons (Fsp3) is 0.933. The Morgan fingerprint density at radius 2 is 1.84 bits per heavy atom. The quantitative estimate of drug-likeness (QED) is 0.819. The maximum absolute atomic E-state index is 12.4. The first kappa shape index (κ1) is 14.8. The summed E-state index contributed by atoms with van der Waals surface area (Å²) < 4.78 is 0. The molecule has 2 aliphatic rings. The molecule has 2 fully saturated rings. The molecule has 2 rings (SSSR count). The molecule has 0 spiro atoms. The van der Waals surface area contributed by atoms with Crippen molar-refractivity contribution in [3.63, 3.8) is 0 Å². The number of nitrogens with zero attached hydrogens (tertiary/aromatic N) is 2. The Labute approximate surface area is 117 Å². The molecule has 0 aromatic heterocycles. The van der Waals surface area contributed by atoms with E-state index in [1.807, 2.05) is 0 Å². The predicted octanol–water partition coefficient (Wildman–Crippen LogP) is 1.46. The molecule has 4 heteroatoms. The number of likely N-dealkylation sites (tertiary alicyclic amines) is 2. The summed E-state index contributed by atoms with van der Waals surface area (Å²) in [6, 6.07) is 0.436. The van der Waals surface area contributed by atoms with Gasteiger partial charge in [-0.15, -0.1) is 0 Å². The Bertz CT molecular complexity index is 287. The molecule has 0 aliphatic carbocycles. The molecule has 0 aromatic rings. The minimum atomic E-state index is 0.0510. The van der Waals surface area contributed by atoms with E-state index in [9.17, 15) is 4.79 Å². The first-order valence-corrected chi connectivity index (χ1v) is 7.94. The fourth-order valence-electron chi connectivity index (χ4n) is 3.16. The number of carbonyl (C=O) groups excluding carboxylic acids is 1. The summed E-state index contributed by atoms with van der Waals surface area (Å²) in [6.07, 6.45) is 6.16. The van der Waals surface area contributed by atoms with Gasteiger partial charge in [0.2, 0.25) is 5.91 Å². The Kier molecular flexibility index (Phi) is 5.64. The summed E-state index contributed by atoms with van der Waals surface area (Å²) in [4.78, 5) is 17.0. The number of carbonyl (C=O) groups is 1. The van der Waals surface area contributed by atoms with Crippen molar-refractivity contribution in [3.8, 4) is 0 Å². The highest BCUT2D eigenvalue weighted by Crippen LogP contribution is 2.13. The Morgan fingerprint density at radius 1 is 1.11 bits per heavy atom. The minimum Gasteiger partial charge on any atom is -0.340 e. The zero-order valence-corrected chi connectivity index (χ0v) is 12.5. The van der Waals surface area contributed by atoms with Crippen LogP contribution in [0.25, 0.3) is 0 Å². The van der Waals surface area contributed by atoms with E-state index in [4.69, 9.17) is 0 Å². The molecule has 0 saturated carbocycles. The van der Waals surface area contributed by atoms with Crippen molar-refractivity contribution in [3.05, 3.63) is 0 Å². The predicted molar refractivity (Wildman–Crippen MR) is 78.2 cm³/mol. The molecule has 0 aromatic carbocycles. The molecule has 2 heterocycles. The number of rotatable bonds is 5. The van der Waals surface area contributed by atoms with E-state index >= 15 is 0 Å². The maximum Gasteiger partial charge on any atom is 0.239 e. The van der Waals surface area contributed by atoms with E-state index in [1.165, 1.54) is 32.4 Å². The number of hydrogen-bond donors (Lipinski definition) is 1.